The number of benzene rings is 1. The number of allylic oxidation sites excluding steroid dienone is 2. The molecule has 1 aliphatic heterocycles. The lowest BCUT2D eigenvalue weighted by molar-refractivity contribution is -0.115. The van der Waals surface area contributed by atoms with Crippen molar-refractivity contribution >= 4 is 58.5 Å². The lowest BCUT2D eigenvalue weighted by Crippen LogP contribution is -2.19. The van der Waals surface area contributed by atoms with Crippen LogP contribution in [0.4, 0.5) is 0 Å². The van der Waals surface area contributed by atoms with Gasteiger partial charge < -0.3 is 4.57 Å². The number of aromatic nitrogens is 2. The number of fused-ring (bicyclic) bond motifs is 1. The largest absolute Gasteiger partial charge is 0.329 e. The van der Waals surface area contributed by atoms with Crippen molar-refractivity contribution in [3.05, 3.63) is 51.2 Å². The number of nitrogens with zero attached hydrogens (tertiary/aromatic N) is 2. The van der Waals surface area contributed by atoms with E-state index in [2.05, 4.69) is 11.2 Å². The van der Waals surface area contributed by atoms with Crippen molar-refractivity contribution in [3.8, 4) is 0 Å². The number of thioether (sulfide) groups is 3. The SMILES string of the molecule is CSC1Cc2c(ccc(C(=O)C3=C(Sc4nccn4C)CCCC3=O)c2Cl)S1. The third-order valence-electron chi connectivity index (χ3n) is 4.92. The second-order valence-electron chi connectivity index (χ2n) is 6.72. The summed E-state index contributed by atoms with van der Waals surface area (Å²) in [5.41, 5.74) is 1.75. The zero-order valence-corrected chi connectivity index (χ0v) is 18.7. The molecule has 0 bridgehead atoms. The smallest absolute Gasteiger partial charge is 0.198 e. The summed E-state index contributed by atoms with van der Waals surface area (Å²) in [6, 6.07) is 3.74. The quantitative estimate of drug-likeness (QED) is 0.449. The molecule has 0 amide bonds. The maximum Gasteiger partial charge on any atom is 0.198 e. The van der Waals surface area contributed by atoms with Crippen LogP contribution in [0.15, 0.2) is 45.1 Å². The number of Topliss-reactive ketones (excluding diaryl/α,β-unsaturated/α-hetero) is 2. The fourth-order valence-electron chi connectivity index (χ4n) is 3.43. The summed E-state index contributed by atoms with van der Waals surface area (Å²) in [6.07, 6.45) is 8.35. The van der Waals surface area contributed by atoms with E-state index in [0.717, 1.165) is 33.4 Å². The van der Waals surface area contributed by atoms with E-state index in [9.17, 15) is 9.59 Å². The van der Waals surface area contributed by atoms with Gasteiger partial charge in [0.25, 0.3) is 0 Å². The summed E-state index contributed by atoms with van der Waals surface area (Å²) in [4.78, 5) is 32.3. The first-order valence-corrected chi connectivity index (χ1v) is 12.3. The Hall–Kier alpha value is -1.15. The molecule has 0 fully saturated rings. The Morgan fingerprint density at radius 2 is 2.18 bits per heavy atom. The van der Waals surface area contributed by atoms with Gasteiger partial charge in [-0.2, -0.15) is 11.8 Å². The van der Waals surface area contributed by atoms with Crippen LogP contribution in [-0.2, 0) is 18.3 Å². The summed E-state index contributed by atoms with van der Waals surface area (Å²) in [7, 11) is 1.90. The molecule has 2 heterocycles. The van der Waals surface area contributed by atoms with Crippen LogP contribution in [-0.4, -0.2) is 32.0 Å². The van der Waals surface area contributed by atoms with Gasteiger partial charge in [0.2, 0.25) is 0 Å². The van der Waals surface area contributed by atoms with Gasteiger partial charge in [0.15, 0.2) is 16.7 Å². The van der Waals surface area contributed by atoms with E-state index in [4.69, 9.17) is 11.6 Å². The average molecular weight is 451 g/mol. The minimum Gasteiger partial charge on any atom is -0.329 e. The minimum absolute atomic E-state index is 0.0964. The number of aryl methyl sites for hydroxylation is 1. The molecule has 28 heavy (non-hydrogen) atoms. The van der Waals surface area contributed by atoms with Crippen molar-refractivity contribution in [3.63, 3.8) is 0 Å². The number of imidazole rings is 1. The normalized spacial score (nSPS) is 19.2. The Balaban J connectivity index is 1.73. The lowest BCUT2D eigenvalue weighted by Gasteiger charge is -2.19. The van der Waals surface area contributed by atoms with Crippen molar-refractivity contribution in [1.82, 2.24) is 9.55 Å². The van der Waals surface area contributed by atoms with Crippen LogP contribution in [0.5, 0.6) is 0 Å². The highest BCUT2D eigenvalue weighted by atomic mass is 35.5. The molecular formula is C20H19ClN2O2S3. The Morgan fingerprint density at radius 1 is 1.36 bits per heavy atom. The van der Waals surface area contributed by atoms with Crippen molar-refractivity contribution in [2.75, 3.05) is 6.26 Å². The second-order valence-corrected chi connectivity index (χ2v) is 10.7. The molecular weight excluding hydrogens is 432 g/mol. The van der Waals surface area contributed by atoms with E-state index in [0.29, 0.717) is 28.0 Å². The van der Waals surface area contributed by atoms with Crippen LogP contribution in [0.2, 0.25) is 5.02 Å². The molecule has 0 saturated heterocycles. The van der Waals surface area contributed by atoms with Gasteiger partial charge in [0.05, 0.1) is 15.2 Å². The lowest BCUT2D eigenvalue weighted by atomic mass is 9.91. The van der Waals surface area contributed by atoms with Crippen molar-refractivity contribution < 1.29 is 9.59 Å². The molecule has 146 valence electrons. The topological polar surface area (TPSA) is 52.0 Å². The van der Waals surface area contributed by atoms with Gasteiger partial charge in [-0.15, -0.1) is 11.8 Å². The molecule has 0 N–H and O–H groups in total. The Kier molecular flexibility index (Phi) is 5.97. The molecule has 1 aliphatic carbocycles. The molecule has 1 aromatic heterocycles. The van der Waals surface area contributed by atoms with Crippen LogP contribution in [0.25, 0.3) is 0 Å². The molecule has 2 aromatic rings. The number of ketones is 2. The van der Waals surface area contributed by atoms with E-state index < -0.39 is 0 Å². The van der Waals surface area contributed by atoms with Crippen LogP contribution < -0.4 is 0 Å². The van der Waals surface area contributed by atoms with Crippen LogP contribution >= 0.6 is 46.9 Å². The number of carbonyl (C=O) groups is 2. The van der Waals surface area contributed by atoms with E-state index in [1.165, 1.54) is 11.8 Å². The highest BCUT2D eigenvalue weighted by molar-refractivity contribution is 8.17. The standard InChI is InChI=1S/C20H19ClN2O2S3/c1-23-9-8-22-20(23)28-15-5-3-4-13(24)17(15)19(25)11-6-7-14-12(18(11)21)10-16(26-2)27-14/h6-9,16H,3-5,10H2,1-2H3. The third kappa shape index (κ3) is 3.70. The first kappa shape index (κ1) is 20.1. The number of hydrogen-bond donors (Lipinski definition) is 0. The number of hydrogen-bond acceptors (Lipinski definition) is 6. The van der Waals surface area contributed by atoms with Gasteiger partial charge in [-0.25, -0.2) is 4.98 Å². The highest BCUT2D eigenvalue weighted by Gasteiger charge is 2.32. The minimum atomic E-state index is -0.258. The van der Waals surface area contributed by atoms with Crippen LogP contribution in [0.1, 0.15) is 35.2 Å². The summed E-state index contributed by atoms with van der Waals surface area (Å²) in [5, 5.41) is 1.27. The third-order valence-corrected chi connectivity index (χ3v) is 9.21. The summed E-state index contributed by atoms with van der Waals surface area (Å²) in [6.45, 7) is 0. The van der Waals surface area contributed by atoms with E-state index in [-0.39, 0.29) is 17.1 Å². The molecule has 8 heteroatoms. The van der Waals surface area contributed by atoms with Gasteiger partial charge >= 0.3 is 0 Å². The van der Waals surface area contributed by atoms with Crippen LogP contribution in [0.3, 0.4) is 0 Å². The molecule has 1 unspecified atom stereocenters. The predicted octanol–water partition coefficient (Wildman–Crippen LogP) is 5.39. The van der Waals surface area contributed by atoms with E-state index >= 15 is 0 Å². The van der Waals surface area contributed by atoms with Gasteiger partial charge in [-0.3, -0.25) is 9.59 Å². The second kappa shape index (κ2) is 8.30. The molecule has 1 atom stereocenters. The predicted molar refractivity (Wildman–Crippen MR) is 118 cm³/mol. The molecule has 2 aliphatic rings. The average Bonchev–Trinajstić information content (AvgIpc) is 3.28. The summed E-state index contributed by atoms with van der Waals surface area (Å²) < 4.78 is 2.31. The highest BCUT2D eigenvalue weighted by Crippen LogP contribution is 2.46. The number of carbonyl (C=O) groups excluding carboxylic acids is 2. The fourth-order valence-corrected chi connectivity index (χ4v) is 6.94. The molecule has 1 aromatic carbocycles. The number of rotatable bonds is 5. The van der Waals surface area contributed by atoms with Crippen molar-refractivity contribution in [1.29, 1.82) is 0 Å². The van der Waals surface area contributed by atoms with Crippen LogP contribution in [0, 0.1) is 0 Å². The maximum absolute atomic E-state index is 13.4. The fraction of sp³-hybridized carbons (Fsp3) is 0.350. The summed E-state index contributed by atoms with van der Waals surface area (Å²) in [5.74, 6) is -0.354. The molecule has 4 nitrogen and oxygen atoms in total. The zero-order chi connectivity index (χ0) is 19.8. The van der Waals surface area contributed by atoms with Gasteiger partial charge in [0.1, 0.15) is 0 Å². The van der Waals surface area contributed by atoms with Gasteiger partial charge in [-0.05, 0) is 43.2 Å². The molecule has 0 radical (unpaired) electrons. The van der Waals surface area contributed by atoms with Gasteiger partial charge in [0, 0.05) is 41.2 Å². The zero-order valence-electron chi connectivity index (χ0n) is 15.5. The molecule has 0 saturated carbocycles. The monoisotopic (exact) mass is 450 g/mol. The van der Waals surface area contributed by atoms with E-state index in [1.807, 2.05) is 23.9 Å². The Labute approximate surface area is 181 Å². The first-order valence-electron chi connectivity index (χ1n) is 8.96. The van der Waals surface area contributed by atoms with E-state index in [1.54, 1.807) is 35.8 Å². The van der Waals surface area contributed by atoms with Gasteiger partial charge in [-0.1, -0.05) is 23.4 Å². The Morgan fingerprint density at radius 3 is 2.89 bits per heavy atom. The van der Waals surface area contributed by atoms with Crippen molar-refractivity contribution in [2.24, 2.45) is 7.05 Å². The first-order chi connectivity index (χ1) is 13.5. The maximum atomic E-state index is 13.4. The summed E-state index contributed by atoms with van der Waals surface area (Å²) >= 11 is 11.6. The molecule has 4 rings (SSSR count). The number of halogens is 1. The molecule has 0 spiro atoms. The Bertz CT molecular complexity index is 999. The van der Waals surface area contributed by atoms with Crippen molar-refractivity contribution in [2.45, 2.75) is 40.3 Å².